The molecule has 1 aromatic carbocycles. The molecule has 166 valence electrons. The number of pyridine rings is 1. The first-order valence-electron chi connectivity index (χ1n) is 8.79. The lowest BCUT2D eigenvalue weighted by Crippen LogP contribution is -2.35. The second-order valence-corrected chi connectivity index (χ2v) is 6.38. The average molecular weight is 468 g/mol. The maximum atomic E-state index is 13.0. The molecule has 1 aromatic heterocycles. The standard InChI is InChI=1S/C19H20F3N3O3.2ClH/c20-19(21,22)14-3-1-2-4-15(14)28-17-8-5-12(10-24-17)11-25-18(26)16-7-6-13(9-23)27-16;;/h1-5,8,10,13,16H,6-7,9,11,23H2,(H,25,26);2*1H/t13-,16+;;/m1../s1. The summed E-state index contributed by atoms with van der Waals surface area (Å²) >= 11 is 0. The number of hydrogen-bond donors (Lipinski definition) is 2. The second kappa shape index (κ2) is 11.4. The number of nitrogens with one attached hydrogen (secondary N) is 1. The van der Waals surface area contributed by atoms with Gasteiger partial charge in [-0.25, -0.2) is 4.98 Å². The Morgan fingerprint density at radius 1 is 1.20 bits per heavy atom. The molecule has 6 nitrogen and oxygen atoms in total. The van der Waals surface area contributed by atoms with E-state index in [1.54, 1.807) is 6.07 Å². The number of alkyl halides is 3. The van der Waals surface area contributed by atoms with Gasteiger partial charge in [-0.15, -0.1) is 24.8 Å². The molecule has 0 aliphatic carbocycles. The number of ether oxygens (including phenoxy) is 2. The topological polar surface area (TPSA) is 86.5 Å². The highest BCUT2D eigenvalue weighted by molar-refractivity contribution is 5.85. The van der Waals surface area contributed by atoms with Gasteiger partial charge in [-0.1, -0.05) is 18.2 Å². The molecule has 11 heteroatoms. The van der Waals surface area contributed by atoms with Gasteiger partial charge in [0.05, 0.1) is 11.7 Å². The van der Waals surface area contributed by atoms with Gasteiger partial charge in [0.1, 0.15) is 11.9 Å². The van der Waals surface area contributed by atoms with Crippen molar-refractivity contribution in [1.29, 1.82) is 0 Å². The summed E-state index contributed by atoms with van der Waals surface area (Å²) in [5.74, 6) is -0.525. The molecule has 1 fully saturated rings. The first-order valence-corrected chi connectivity index (χ1v) is 8.79. The largest absolute Gasteiger partial charge is 0.438 e. The second-order valence-electron chi connectivity index (χ2n) is 6.38. The van der Waals surface area contributed by atoms with Crippen LogP contribution in [0.1, 0.15) is 24.0 Å². The van der Waals surface area contributed by atoms with Crippen LogP contribution in [0.2, 0.25) is 0 Å². The molecule has 30 heavy (non-hydrogen) atoms. The molecule has 2 aromatic rings. The van der Waals surface area contributed by atoms with Crippen molar-refractivity contribution in [2.45, 2.75) is 37.8 Å². The molecule has 0 radical (unpaired) electrons. The Hall–Kier alpha value is -2.07. The van der Waals surface area contributed by atoms with Crippen molar-refractivity contribution in [3.63, 3.8) is 0 Å². The number of hydrogen-bond acceptors (Lipinski definition) is 5. The number of para-hydroxylation sites is 1. The van der Waals surface area contributed by atoms with Crippen LogP contribution in [0, 0.1) is 0 Å². The summed E-state index contributed by atoms with van der Waals surface area (Å²) in [7, 11) is 0. The predicted molar refractivity (Wildman–Crippen MR) is 109 cm³/mol. The number of rotatable bonds is 6. The lowest BCUT2D eigenvalue weighted by molar-refractivity contribution is -0.138. The van der Waals surface area contributed by atoms with Crippen molar-refractivity contribution in [2.24, 2.45) is 5.73 Å². The van der Waals surface area contributed by atoms with E-state index in [0.717, 1.165) is 12.5 Å². The first-order chi connectivity index (χ1) is 13.4. The Morgan fingerprint density at radius 2 is 1.93 bits per heavy atom. The molecule has 1 aliphatic rings. The Labute approximate surface area is 184 Å². The fourth-order valence-electron chi connectivity index (χ4n) is 2.85. The maximum absolute atomic E-state index is 13.0. The molecular weight excluding hydrogens is 446 g/mol. The zero-order valence-corrected chi connectivity index (χ0v) is 17.4. The average Bonchev–Trinajstić information content (AvgIpc) is 3.16. The van der Waals surface area contributed by atoms with Crippen molar-refractivity contribution in [3.05, 3.63) is 53.7 Å². The minimum absolute atomic E-state index is 0. The lowest BCUT2D eigenvalue weighted by Gasteiger charge is -2.14. The molecule has 2 heterocycles. The number of carbonyl (C=O) groups excluding carboxylic acids is 1. The highest BCUT2D eigenvalue weighted by Gasteiger charge is 2.34. The summed E-state index contributed by atoms with van der Waals surface area (Å²) in [6, 6.07) is 7.99. The van der Waals surface area contributed by atoms with E-state index >= 15 is 0 Å². The number of halogens is 5. The molecular formula is C19H22Cl2F3N3O3. The third kappa shape index (κ3) is 6.73. The van der Waals surface area contributed by atoms with Gasteiger partial charge < -0.3 is 20.5 Å². The van der Waals surface area contributed by atoms with Gasteiger partial charge in [0.2, 0.25) is 11.8 Å². The van der Waals surface area contributed by atoms with Crippen molar-refractivity contribution < 1.29 is 27.4 Å². The van der Waals surface area contributed by atoms with Crippen LogP contribution in [-0.4, -0.2) is 29.6 Å². The molecule has 0 unspecified atom stereocenters. The number of aromatic nitrogens is 1. The van der Waals surface area contributed by atoms with Gasteiger partial charge in [0.25, 0.3) is 0 Å². The molecule has 1 amide bonds. The third-order valence-corrected chi connectivity index (χ3v) is 4.33. The van der Waals surface area contributed by atoms with Crippen LogP contribution in [0.5, 0.6) is 11.6 Å². The van der Waals surface area contributed by atoms with E-state index in [1.807, 2.05) is 0 Å². The summed E-state index contributed by atoms with van der Waals surface area (Å²) < 4.78 is 49.8. The SMILES string of the molecule is Cl.Cl.NC[C@H]1CC[C@@H](C(=O)NCc2ccc(Oc3ccccc3C(F)(F)F)nc2)O1. The van der Waals surface area contributed by atoms with Gasteiger partial charge in [-0.05, 0) is 30.5 Å². The van der Waals surface area contributed by atoms with Crippen molar-refractivity contribution in [1.82, 2.24) is 10.3 Å². The molecule has 0 saturated carbocycles. The van der Waals surface area contributed by atoms with Crippen molar-refractivity contribution >= 4 is 30.7 Å². The summed E-state index contributed by atoms with van der Waals surface area (Å²) in [6.45, 7) is 0.602. The summed E-state index contributed by atoms with van der Waals surface area (Å²) in [4.78, 5) is 16.1. The van der Waals surface area contributed by atoms with Gasteiger partial charge in [-0.3, -0.25) is 4.79 Å². The first kappa shape index (κ1) is 26.0. The molecule has 1 aliphatic heterocycles. The number of nitrogens with zero attached hydrogens (tertiary/aromatic N) is 1. The van der Waals surface area contributed by atoms with E-state index in [2.05, 4.69) is 10.3 Å². The number of benzene rings is 1. The summed E-state index contributed by atoms with van der Waals surface area (Å²) in [6.07, 6.45) is -2.31. The number of amides is 1. The quantitative estimate of drug-likeness (QED) is 0.673. The fraction of sp³-hybridized carbons (Fsp3) is 0.368. The lowest BCUT2D eigenvalue weighted by atomic mass is 10.2. The van der Waals surface area contributed by atoms with Gasteiger partial charge >= 0.3 is 6.18 Å². The van der Waals surface area contributed by atoms with Crippen molar-refractivity contribution in [3.8, 4) is 11.6 Å². The van der Waals surface area contributed by atoms with Gasteiger partial charge in [0.15, 0.2) is 0 Å². The zero-order valence-electron chi connectivity index (χ0n) is 15.7. The van der Waals surface area contributed by atoms with E-state index < -0.39 is 17.8 Å². The Bertz CT molecular complexity index is 823. The van der Waals surface area contributed by atoms with Crippen LogP contribution in [0.15, 0.2) is 42.6 Å². The Kier molecular flexibility index (Phi) is 9.83. The van der Waals surface area contributed by atoms with Crippen LogP contribution in [0.25, 0.3) is 0 Å². The van der Waals surface area contributed by atoms with E-state index in [0.29, 0.717) is 18.5 Å². The zero-order chi connectivity index (χ0) is 20.1. The molecule has 1 saturated heterocycles. The monoisotopic (exact) mass is 467 g/mol. The maximum Gasteiger partial charge on any atom is 0.419 e. The number of nitrogens with two attached hydrogens (primary N) is 1. The normalized spacial score (nSPS) is 18.1. The highest BCUT2D eigenvalue weighted by Crippen LogP contribution is 2.37. The van der Waals surface area contributed by atoms with Crippen molar-refractivity contribution in [2.75, 3.05) is 6.54 Å². The third-order valence-electron chi connectivity index (χ3n) is 4.33. The molecule has 2 atom stereocenters. The van der Waals surface area contributed by atoms with Gasteiger partial charge in [0, 0.05) is 25.4 Å². The predicted octanol–water partition coefficient (Wildman–Crippen LogP) is 3.86. The smallest absolute Gasteiger partial charge is 0.419 e. The van der Waals surface area contributed by atoms with Crippen LogP contribution in [0.3, 0.4) is 0 Å². The number of carbonyl (C=O) groups is 1. The van der Waals surface area contributed by atoms with E-state index in [4.69, 9.17) is 15.2 Å². The van der Waals surface area contributed by atoms with E-state index in [-0.39, 0.29) is 55.0 Å². The molecule has 0 bridgehead atoms. The summed E-state index contributed by atoms with van der Waals surface area (Å²) in [5.41, 5.74) is 5.33. The summed E-state index contributed by atoms with van der Waals surface area (Å²) in [5, 5.41) is 2.75. The fourth-order valence-corrected chi connectivity index (χ4v) is 2.85. The minimum atomic E-state index is -4.52. The van der Waals surface area contributed by atoms with Crippen LogP contribution < -0.4 is 15.8 Å². The molecule has 3 N–H and O–H groups in total. The van der Waals surface area contributed by atoms with E-state index in [1.165, 1.54) is 30.5 Å². The van der Waals surface area contributed by atoms with Crippen LogP contribution in [0.4, 0.5) is 13.2 Å². The molecule has 0 spiro atoms. The minimum Gasteiger partial charge on any atom is -0.438 e. The molecule has 3 rings (SSSR count). The Morgan fingerprint density at radius 3 is 2.53 bits per heavy atom. The van der Waals surface area contributed by atoms with E-state index in [9.17, 15) is 18.0 Å². The highest BCUT2D eigenvalue weighted by atomic mass is 35.5. The van der Waals surface area contributed by atoms with Gasteiger partial charge in [-0.2, -0.15) is 13.2 Å². The Balaban J connectivity index is 0.00000225. The van der Waals surface area contributed by atoms with Crippen LogP contribution >= 0.6 is 24.8 Å². The van der Waals surface area contributed by atoms with Crippen LogP contribution in [-0.2, 0) is 22.3 Å².